The Balaban J connectivity index is 1.49. The summed E-state index contributed by atoms with van der Waals surface area (Å²) in [5.74, 6) is 1.71. The molecule has 1 aromatic rings. The van der Waals surface area contributed by atoms with Crippen molar-refractivity contribution in [3.8, 4) is 5.88 Å². The molecule has 0 radical (unpaired) electrons. The minimum atomic E-state index is -0.590. The maximum absolute atomic E-state index is 13.6. The molecule has 4 aliphatic carbocycles. The van der Waals surface area contributed by atoms with Gasteiger partial charge in [0.25, 0.3) is 5.91 Å². The third-order valence-electron chi connectivity index (χ3n) is 8.09. The number of alkyl carbamates (subject to hydrolysis) is 1. The molecule has 1 aromatic heterocycles. The molecule has 10 nitrogen and oxygen atoms in total. The van der Waals surface area contributed by atoms with Crippen LogP contribution in [0, 0.1) is 29.1 Å². The predicted molar refractivity (Wildman–Crippen MR) is 143 cm³/mol. The van der Waals surface area contributed by atoms with E-state index in [0.29, 0.717) is 42.4 Å². The summed E-state index contributed by atoms with van der Waals surface area (Å²) in [5, 5.41) is 13.2. The predicted octanol–water partition coefficient (Wildman–Crippen LogP) is 3.58. The molecule has 2 atom stereocenters. The largest absolute Gasteiger partial charge is 0.477 e. The number of nitrogens with one attached hydrogen (secondary N) is 3. The summed E-state index contributed by atoms with van der Waals surface area (Å²) in [4.78, 5) is 36.8. The van der Waals surface area contributed by atoms with Crippen molar-refractivity contribution in [3.05, 3.63) is 17.8 Å². The number of carbonyl (C=O) groups is 3. The first-order valence-electron chi connectivity index (χ1n) is 13.7. The molecule has 0 aliphatic heterocycles. The number of rotatable bonds is 10. The van der Waals surface area contributed by atoms with Crippen LogP contribution < -0.4 is 20.7 Å². The Morgan fingerprint density at radius 1 is 1.21 bits per heavy atom. The van der Waals surface area contributed by atoms with Crippen LogP contribution in [0.15, 0.2) is 12.3 Å². The third kappa shape index (κ3) is 6.32. The highest BCUT2D eigenvalue weighted by atomic mass is 16.5. The van der Waals surface area contributed by atoms with Crippen LogP contribution >= 0.6 is 0 Å². The van der Waals surface area contributed by atoms with Gasteiger partial charge in [0.05, 0.1) is 24.9 Å². The molecule has 0 spiro atoms. The van der Waals surface area contributed by atoms with Gasteiger partial charge in [0.15, 0.2) is 0 Å². The average molecular weight is 530 g/mol. The van der Waals surface area contributed by atoms with Crippen molar-refractivity contribution in [2.75, 3.05) is 20.3 Å². The van der Waals surface area contributed by atoms with Crippen molar-refractivity contribution in [2.24, 2.45) is 29.1 Å². The Labute approximate surface area is 225 Å². The fourth-order valence-electron chi connectivity index (χ4n) is 6.88. The number of hydrogen-bond donors (Lipinski definition) is 3. The fourth-order valence-corrected chi connectivity index (χ4v) is 6.88. The molecular formula is C28H43N5O5. The molecule has 210 valence electrons. The van der Waals surface area contributed by atoms with E-state index in [0.717, 1.165) is 32.1 Å². The van der Waals surface area contributed by atoms with E-state index in [4.69, 9.17) is 9.47 Å². The maximum Gasteiger partial charge on any atom is 0.406 e. The van der Waals surface area contributed by atoms with Gasteiger partial charge in [-0.15, -0.1) is 0 Å². The van der Waals surface area contributed by atoms with Crippen molar-refractivity contribution in [3.63, 3.8) is 0 Å². The van der Waals surface area contributed by atoms with Gasteiger partial charge in [-0.2, -0.15) is 5.10 Å². The first-order valence-corrected chi connectivity index (χ1v) is 13.7. The molecule has 4 bridgehead atoms. The molecule has 4 fully saturated rings. The fraction of sp³-hybridized carbons (Fsp3) is 0.714. The van der Waals surface area contributed by atoms with Crippen LogP contribution in [0.4, 0.5) is 4.79 Å². The quantitative estimate of drug-likeness (QED) is 0.426. The van der Waals surface area contributed by atoms with E-state index in [2.05, 4.69) is 34.9 Å². The molecule has 3 N–H and O–H groups in total. The van der Waals surface area contributed by atoms with Crippen LogP contribution in [0.25, 0.3) is 6.20 Å². The summed E-state index contributed by atoms with van der Waals surface area (Å²) < 4.78 is 13.1. The van der Waals surface area contributed by atoms with Gasteiger partial charge in [-0.1, -0.05) is 13.8 Å². The van der Waals surface area contributed by atoms with Crippen LogP contribution in [0.3, 0.4) is 0 Å². The smallest absolute Gasteiger partial charge is 0.406 e. The molecule has 10 heteroatoms. The van der Waals surface area contributed by atoms with Crippen LogP contribution in [0.2, 0.25) is 0 Å². The summed E-state index contributed by atoms with van der Waals surface area (Å²) >= 11 is 0. The Morgan fingerprint density at radius 2 is 1.89 bits per heavy atom. The van der Waals surface area contributed by atoms with E-state index in [1.54, 1.807) is 24.1 Å². The molecule has 1 heterocycles. The third-order valence-corrected chi connectivity index (χ3v) is 8.09. The average Bonchev–Trinajstić information content (AvgIpc) is 3.24. The molecule has 3 amide bonds. The van der Waals surface area contributed by atoms with Crippen LogP contribution in [0.5, 0.6) is 5.88 Å². The zero-order valence-corrected chi connectivity index (χ0v) is 23.5. The molecule has 0 saturated heterocycles. The van der Waals surface area contributed by atoms with E-state index in [-0.39, 0.29) is 35.3 Å². The summed E-state index contributed by atoms with van der Waals surface area (Å²) in [6, 6.07) is 0.0858. The Hall–Kier alpha value is -3.04. The minimum Gasteiger partial charge on any atom is -0.477 e. The Bertz CT molecular complexity index is 1060. The molecule has 2 unspecified atom stereocenters. The SMILES string of the molecule is CNC(=O)OC[C@]12CC3CC(C1)[C@@H](NC(=O)c1cnn(/C=C/C(C)(C)NC(C)=O)c1OCC(C)C)C(C3)C2. The van der Waals surface area contributed by atoms with Gasteiger partial charge >= 0.3 is 6.09 Å². The van der Waals surface area contributed by atoms with Gasteiger partial charge in [0.2, 0.25) is 11.8 Å². The number of nitrogens with zero attached hydrogens (tertiary/aromatic N) is 2. The van der Waals surface area contributed by atoms with Gasteiger partial charge in [-0.3, -0.25) is 9.59 Å². The highest BCUT2D eigenvalue weighted by Crippen LogP contribution is 2.60. The van der Waals surface area contributed by atoms with Gasteiger partial charge in [0, 0.05) is 31.6 Å². The van der Waals surface area contributed by atoms with E-state index >= 15 is 0 Å². The molecule has 4 aliphatic rings. The highest BCUT2D eigenvalue weighted by molar-refractivity contribution is 5.96. The molecule has 38 heavy (non-hydrogen) atoms. The number of aromatic nitrogens is 2. The Morgan fingerprint density at radius 3 is 2.50 bits per heavy atom. The second-order valence-electron chi connectivity index (χ2n) is 12.5. The molecular weight excluding hydrogens is 486 g/mol. The van der Waals surface area contributed by atoms with Gasteiger partial charge in [-0.05, 0) is 75.7 Å². The standard InChI is InChI=1S/C28H43N5O5/c1-17(2)15-37-25-22(14-30-33(25)8-7-27(4,5)32-18(3)34)24(35)31-23-20-9-19-10-21(23)13-28(11-19,12-20)16-38-26(36)29-6/h7-8,14,17,19-21,23H,9-13,15-16H2,1-6H3,(H,29,36)(H,31,35)(H,32,34)/b8-7+/t19?,20?,21?,23-,28-. The van der Waals surface area contributed by atoms with Gasteiger partial charge in [-0.25, -0.2) is 9.48 Å². The van der Waals surface area contributed by atoms with E-state index in [1.165, 1.54) is 6.92 Å². The minimum absolute atomic E-state index is 0.0200. The second-order valence-corrected chi connectivity index (χ2v) is 12.5. The van der Waals surface area contributed by atoms with E-state index < -0.39 is 5.54 Å². The van der Waals surface area contributed by atoms with Crippen molar-refractivity contribution in [1.82, 2.24) is 25.7 Å². The highest BCUT2D eigenvalue weighted by Gasteiger charge is 2.56. The van der Waals surface area contributed by atoms with Crippen molar-refractivity contribution < 1.29 is 23.9 Å². The van der Waals surface area contributed by atoms with Crippen LogP contribution in [0.1, 0.15) is 77.1 Å². The zero-order valence-electron chi connectivity index (χ0n) is 23.5. The summed E-state index contributed by atoms with van der Waals surface area (Å²) in [7, 11) is 1.58. The lowest BCUT2D eigenvalue weighted by Crippen LogP contribution is -2.60. The number of carbonyl (C=O) groups excluding carboxylic acids is 3. The van der Waals surface area contributed by atoms with Crippen molar-refractivity contribution >= 4 is 24.1 Å². The molecule has 4 saturated carbocycles. The lowest BCUT2D eigenvalue weighted by molar-refractivity contribution is -0.120. The first-order chi connectivity index (χ1) is 17.9. The van der Waals surface area contributed by atoms with Crippen LogP contribution in [-0.4, -0.2) is 59.5 Å². The normalized spacial score (nSPS) is 28.0. The topological polar surface area (TPSA) is 124 Å². The van der Waals surface area contributed by atoms with E-state index in [1.807, 2.05) is 19.9 Å². The van der Waals surface area contributed by atoms with Gasteiger partial charge < -0.3 is 25.4 Å². The van der Waals surface area contributed by atoms with E-state index in [9.17, 15) is 14.4 Å². The summed E-state index contributed by atoms with van der Waals surface area (Å²) in [6.45, 7) is 10.2. The van der Waals surface area contributed by atoms with Gasteiger partial charge in [0.1, 0.15) is 5.56 Å². The maximum atomic E-state index is 13.6. The Kier molecular flexibility index (Phi) is 8.09. The zero-order chi connectivity index (χ0) is 27.7. The van der Waals surface area contributed by atoms with Crippen molar-refractivity contribution in [1.29, 1.82) is 0 Å². The number of hydrogen-bond acceptors (Lipinski definition) is 6. The monoisotopic (exact) mass is 529 g/mol. The molecule has 5 rings (SSSR count). The van der Waals surface area contributed by atoms with Crippen molar-refractivity contribution in [2.45, 2.75) is 78.3 Å². The second kappa shape index (κ2) is 11.0. The lowest BCUT2D eigenvalue weighted by atomic mass is 9.48. The molecule has 0 aromatic carbocycles. The lowest BCUT2D eigenvalue weighted by Gasteiger charge is -2.59. The summed E-state index contributed by atoms with van der Waals surface area (Å²) in [5.41, 5.74) is -0.168. The first kappa shape index (κ1) is 28.0. The van der Waals surface area contributed by atoms with Crippen LogP contribution in [-0.2, 0) is 9.53 Å². The number of ether oxygens (including phenoxy) is 2. The number of amides is 3. The summed E-state index contributed by atoms with van der Waals surface area (Å²) in [6.07, 6.45) is 9.92.